The van der Waals surface area contributed by atoms with Gasteiger partial charge in [0.1, 0.15) is 0 Å². The molecule has 0 saturated carbocycles. The number of rotatable bonds is 4. The number of hydrogen-bond acceptors (Lipinski definition) is 3. The van der Waals surface area contributed by atoms with Crippen LogP contribution in [0.1, 0.15) is 0 Å². The summed E-state index contributed by atoms with van der Waals surface area (Å²) in [5.41, 5.74) is 0. The second-order valence-corrected chi connectivity index (χ2v) is 2.24. The molecule has 0 fully saturated rings. The molecule has 0 heterocycles. The number of carboxylic acids is 2. The van der Waals surface area contributed by atoms with Gasteiger partial charge in [-0.25, -0.2) is 4.79 Å². The normalized spacial score (nSPS) is 10.0. The topological polar surface area (TPSA) is 74.6 Å². The number of aliphatic carboxylic acids is 2. The highest BCUT2D eigenvalue weighted by Crippen LogP contribution is 1.99. The molecular formula is C5H6O4S. The highest BCUT2D eigenvalue weighted by Gasteiger charge is 1.92. The van der Waals surface area contributed by atoms with Gasteiger partial charge >= 0.3 is 11.9 Å². The van der Waals surface area contributed by atoms with Crippen LogP contribution in [0.2, 0.25) is 0 Å². The van der Waals surface area contributed by atoms with Gasteiger partial charge in [-0.2, -0.15) is 0 Å². The summed E-state index contributed by atoms with van der Waals surface area (Å²) in [6.45, 7) is 0. The Bertz CT molecular complexity index is 163. The number of carboxylic acid groups (broad SMARTS) is 2. The third kappa shape index (κ3) is 7.03. The Kier molecular flexibility index (Phi) is 4.39. The molecule has 0 aliphatic heterocycles. The van der Waals surface area contributed by atoms with Crippen LogP contribution in [0.25, 0.3) is 0 Å². The monoisotopic (exact) mass is 162 g/mol. The van der Waals surface area contributed by atoms with E-state index in [4.69, 9.17) is 10.2 Å². The van der Waals surface area contributed by atoms with E-state index in [1.165, 1.54) is 5.41 Å². The third-order valence-electron chi connectivity index (χ3n) is 0.514. The highest BCUT2D eigenvalue weighted by atomic mass is 32.2. The standard InChI is InChI=1S/C5H6O4S/c6-4(7)1-2-10-3-5(8)9/h1-2H,3H2,(H,6,7)(H,8,9)/b2-1+. The van der Waals surface area contributed by atoms with Gasteiger partial charge in [-0.15, -0.1) is 11.8 Å². The average Bonchev–Trinajstić information content (AvgIpc) is 1.79. The van der Waals surface area contributed by atoms with Crippen LogP contribution in [0.3, 0.4) is 0 Å². The lowest BCUT2D eigenvalue weighted by molar-refractivity contribution is -0.134. The molecule has 10 heavy (non-hydrogen) atoms. The van der Waals surface area contributed by atoms with Crippen molar-refractivity contribution < 1.29 is 19.8 Å². The molecule has 0 aromatic carbocycles. The van der Waals surface area contributed by atoms with Crippen LogP contribution in [0.4, 0.5) is 0 Å². The lowest BCUT2D eigenvalue weighted by atomic mass is 10.7. The van der Waals surface area contributed by atoms with E-state index in [2.05, 4.69) is 0 Å². The van der Waals surface area contributed by atoms with Gasteiger partial charge < -0.3 is 10.2 Å². The Balaban J connectivity index is 3.36. The first kappa shape index (κ1) is 9.03. The molecule has 0 amide bonds. The van der Waals surface area contributed by atoms with Crippen LogP contribution in [0.5, 0.6) is 0 Å². The minimum Gasteiger partial charge on any atom is -0.481 e. The predicted octanol–water partition coefficient (Wildman–Crippen LogP) is 0.403. The second-order valence-electron chi connectivity index (χ2n) is 1.35. The van der Waals surface area contributed by atoms with Crippen molar-refractivity contribution in [2.75, 3.05) is 5.75 Å². The molecule has 0 rings (SSSR count). The molecule has 0 saturated heterocycles. The van der Waals surface area contributed by atoms with Crippen molar-refractivity contribution >= 4 is 23.7 Å². The molecule has 0 bridgehead atoms. The smallest absolute Gasteiger partial charge is 0.328 e. The molecule has 0 aliphatic carbocycles. The van der Waals surface area contributed by atoms with E-state index < -0.39 is 11.9 Å². The predicted molar refractivity (Wildman–Crippen MR) is 36.9 cm³/mol. The minimum absolute atomic E-state index is 0.107. The molecular weight excluding hydrogens is 156 g/mol. The second kappa shape index (κ2) is 4.87. The Morgan fingerprint density at radius 3 is 2.40 bits per heavy atom. The maximum atomic E-state index is 9.84. The van der Waals surface area contributed by atoms with Gasteiger partial charge in [-0.05, 0) is 5.41 Å². The van der Waals surface area contributed by atoms with E-state index in [0.717, 1.165) is 17.8 Å². The largest absolute Gasteiger partial charge is 0.481 e. The van der Waals surface area contributed by atoms with Gasteiger partial charge in [0, 0.05) is 6.08 Å². The lowest BCUT2D eigenvalue weighted by Gasteiger charge is -1.84. The van der Waals surface area contributed by atoms with Gasteiger partial charge in [0.05, 0.1) is 5.75 Å². The van der Waals surface area contributed by atoms with E-state index in [-0.39, 0.29) is 5.75 Å². The highest BCUT2D eigenvalue weighted by molar-refractivity contribution is 8.02. The molecule has 2 N–H and O–H groups in total. The summed E-state index contributed by atoms with van der Waals surface area (Å²) < 4.78 is 0. The fraction of sp³-hybridized carbons (Fsp3) is 0.200. The molecule has 0 aliphatic rings. The summed E-state index contributed by atoms with van der Waals surface area (Å²) in [5.74, 6) is -2.14. The first-order valence-electron chi connectivity index (χ1n) is 2.36. The molecule has 5 heteroatoms. The Morgan fingerprint density at radius 1 is 1.40 bits per heavy atom. The van der Waals surface area contributed by atoms with Crippen LogP contribution in [-0.2, 0) is 9.59 Å². The summed E-state index contributed by atoms with van der Waals surface area (Å²) in [5, 5.41) is 17.3. The average molecular weight is 162 g/mol. The fourth-order valence-electron chi connectivity index (χ4n) is 0.226. The van der Waals surface area contributed by atoms with Crippen LogP contribution < -0.4 is 0 Å². The Hall–Kier alpha value is -0.970. The molecule has 0 spiro atoms. The summed E-state index contributed by atoms with van der Waals surface area (Å²) in [6, 6.07) is 0. The third-order valence-corrected chi connectivity index (χ3v) is 1.26. The summed E-state index contributed by atoms with van der Waals surface area (Å²) in [4.78, 5) is 19.6. The summed E-state index contributed by atoms with van der Waals surface area (Å²) in [7, 11) is 0. The van der Waals surface area contributed by atoms with Crippen molar-refractivity contribution in [2.45, 2.75) is 0 Å². The number of hydrogen-bond donors (Lipinski definition) is 2. The van der Waals surface area contributed by atoms with Crippen LogP contribution in [0.15, 0.2) is 11.5 Å². The maximum absolute atomic E-state index is 9.84. The summed E-state index contributed by atoms with van der Waals surface area (Å²) in [6.07, 6.45) is 0.896. The molecule has 4 nitrogen and oxygen atoms in total. The zero-order valence-corrected chi connectivity index (χ0v) is 5.80. The first-order chi connectivity index (χ1) is 4.63. The van der Waals surface area contributed by atoms with Crippen molar-refractivity contribution in [3.8, 4) is 0 Å². The first-order valence-corrected chi connectivity index (χ1v) is 3.40. The van der Waals surface area contributed by atoms with Gasteiger partial charge in [0.25, 0.3) is 0 Å². The van der Waals surface area contributed by atoms with Crippen LogP contribution in [-0.4, -0.2) is 27.9 Å². The molecule has 0 aromatic rings. The Labute approximate surface area is 61.5 Å². The van der Waals surface area contributed by atoms with Crippen molar-refractivity contribution in [3.05, 3.63) is 11.5 Å². The molecule has 0 aromatic heterocycles. The zero-order valence-electron chi connectivity index (χ0n) is 4.98. The maximum Gasteiger partial charge on any atom is 0.328 e. The molecule has 0 radical (unpaired) electrons. The molecule has 0 atom stereocenters. The summed E-state index contributed by atoms with van der Waals surface area (Å²) >= 11 is 0.929. The van der Waals surface area contributed by atoms with E-state index in [0.29, 0.717) is 0 Å². The fourth-order valence-corrected chi connectivity index (χ4v) is 0.677. The number of thioether (sulfide) groups is 1. The van der Waals surface area contributed by atoms with Crippen molar-refractivity contribution in [2.24, 2.45) is 0 Å². The van der Waals surface area contributed by atoms with Crippen molar-refractivity contribution in [3.63, 3.8) is 0 Å². The van der Waals surface area contributed by atoms with Crippen LogP contribution in [0, 0.1) is 0 Å². The SMILES string of the molecule is O=C(O)/C=C/SCC(=O)O. The number of carbonyl (C=O) groups is 2. The minimum atomic E-state index is -1.07. The van der Waals surface area contributed by atoms with Crippen molar-refractivity contribution in [1.82, 2.24) is 0 Å². The molecule has 0 unspecified atom stereocenters. The lowest BCUT2D eigenvalue weighted by Crippen LogP contribution is -1.96. The Morgan fingerprint density at radius 2 is 2.00 bits per heavy atom. The van der Waals surface area contributed by atoms with Gasteiger partial charge in [-0.1, -0.05) is 0 Å². The van der Waals surface area contributed by atoms with Gasteiger partial charge in [-0.3, -0.25) is 4.79 Å². The molecule has 56 valence electrons. The quantitative estimate of drug-likeness (QED) is 0.585. The van der Waals surface area contributed by atoms with Crippen LogP contribution >= 0.6 is 11.8 Å². The van der Waals surface area contributed by atoms with Crippen molar-refractivity contribution in [1.29, 1.82) is 0 Å². The van der Waals surface area contributed by atoms with E-state index in [1.807, 2.05) is 0 Å². The van der Waals surface area contributed by atoms with Gasteiger partial charge in [0.2, 0.25) is 0 Å². The zero-order chi connectivity index (χ0) is 7.98. The van der Waals surface area contributed by atoms with E-state index in [1.54, 1.807) is 0 Å². The van der Waals surface area contributed by atoms with E-state index in [9.17, 15) is 9.59 Å². The van der Waals surface area contributed by atoms with E-state index >= 15 is 0 Å². The van der Waals surface area contributed by atoms with Gasteiger partial charge in [0.15, 0.2) is 0 Å².